The van der Waals surface area contributed by atoms with Crippen LogP contribution in [-0.2, 0) is 14.8 Å². The van der Waals surface area contributed by atoms with Gasteiger partial charge in [-0.05, 0) is 12.1 Å². The Bertz CT molecular complexity index is 1070. The predicted molar refractivity (Wildman–Crippen MR) is 91.3 cm³/mol. The van der Waals surface area contributed by atoms with E-state index in [-0.39, 0.29) is 36.5 Å². The number of carbonyl (C=O) groups excluding carboxylic acids is 2. The Morgan fingerprint density at radius 3 is 2.26 bits per heavy atom. The molecule has 1 aromatic heterocycles. The fraction of sp³-hybridized carbons (Fsp3) is 0.214. The van der Waals surface area contributed by atoms with E-state index >= 15 is 0 Å². The number of benzene rings is 1. The summed E-state index contributed by atoms with van der Waals surface area (Å²) in [5.74, 6) is -1.79. The van der Waals surface area contributed by atoms with Crippen LogP contribution in [-0.4, -0.2) is 56.0 Å². The van der Waals surface area contributed by atoms with E-state index in [0.29, 0.717) is 0 Å². The normalized spacial score (nSPS) is 11.0. The Morgan fingerprint density at radius 1 is 1.06 bits per heavy atom. The zero-order chi connectivity index (χ0) is 22.5. The van der Waals surface area contributed by atoms with Gasteiger partial charge < -0.3 is 15.6 Å². The molecule has 0 saturated heterocycles. The van der Waals surface area contributed by atoms with Crippen molar-refractivity contribution >= 4 is 28.0 Å². The second-order valence-corrected chi connectivity index (χ2v) is 6.67. The number of hydrogen-bond donors (Lipinski definition) is 2. The minimum Gasteiger partial charge on any atom is -1.00 e. The quantitative estimate of drug-likeness (QED) is 0.360. The minimum absolute atomic E-state index is 0. The molecule has 0 aliphatic carbocycles. The molecule has 0 radical (unpaired) electrons. The maximum Gasteiger partial charge on any atom is 1.00 e. The van der Waals surface area contributed by atoms with Gasteiger partial charge in [-0.15, -0.1) is 18.2 Å². The molecule has 0 saturated carbocycles. The molecule has 2 N–H and O–H groups in total. The molecule has 1 heterocycles. The summed E-state index contributed by atoms with van der Waals surface area (Å²) in [5, 5.41) is 1.80. The number of methoxy groups -OCH3 is 2. The summed E-state index contributed by atoms with van der Waals surface area (Å²) in [6.07, 6.45) is -5.15. The van der Waals surface area contributed by atoms with Crippen molar-refractivity contribution in [3.8, 4) is 12.0 Å². The zero-order valence-electron chi connectivity index (χ0n) is 17.1. The van der Waals surface area contributed by atoms with E-state index in [2.05, 4.69) is 29.2 Å². The van der Waals surface area contributed by atoms with Gasteiger partial charge >= 0.3 is 59.9 Å². The number of carbonyl (C=O) groups is 2. The average Bonchev–Trinajstić information content (AvgIpc) is 2.65. The van der Waals surface area contributed by atoms with Crippen LogP contribution < -0.4 is 49.1 Å². The van der Waals surface area contributed by atoms with Crippen LogP contribution in [0.1, 0.15) is 11.8 Å². The van der Waals surface area contributed by atoms with E-state index < -0.39 is 51.3 Å². The van der Waals surface area contributed by atoms with Crippen LogP contribution in [0.3, 0.4) is 0 Å². The third-order valence-electron chi connectivity index (χ3n) is 3.02. The monoisotopic (exact) mass is 475 g/mol. The number of nitrogens with zero attached hydrogens (tertiary/aromatic N) is 3. The number of hydrogen-bond acceptors (Lipinski definition) is 10. The van der Waals surface area contributed by atoms with Gasteiger partial charge in [-0.25, -0.2) is 22.7 Å². The molecule has 2 amide bonds. The maximum atomic E-state index is 12.4. The first-order valence-corrected chi connectivity index (χ1v) is 9.00. The molecule has 2 rings (SSSR count). The van der Waals surface area contributed by atoms with Crippen LogP contribution in [0.2, 0.25) is 0 Å². The van der Waals surface area contributed by atoms with Crippen LogP contribution in [0.15, 0.2) is 29.2 Å². The van der Waals surface area contributed by atoms with Crippen molar-refractivity contribution in [1.82, 2.24) is 19.7 Å². The summed E-state index contributed by atoms with van der Waals surface area (Å²) in [5.41, 5.74) is -0.358. The van der Waals surface area contributed by atoms with Gasteiger partial charge in [0.15, 0.2) is 0 Å². The number of rotatable bonds is 6. The van der Waals surface area contributed by atoms with Crippen molar-refractivity contribution in [1.29, 1.82) is 0 Å². The summed E-state index contributed by atoms with van der Waals surface area (Å²) < 4.78 is 75.9. The van der Waals surface area contributed by atoms with E-state index in [1.807, 2.05) is 0 Å². The molecule has 2 aromatic rings. The number of amides is 2. The third kappa shape index (κ3) is 7.50. The summed E-state index contributed by atoms with van der Waals surface area (Å²) in [6, 6.07) is 1.46. The Hall–Kier alpha value is -2.69. The van der Waals surface area contributed by atoms with Crippen molar-refractivity contribution in [2.45, 2.75) is 11.3 Å². The largest absolute Gasteiger partial charge is 1.00 e. The van der Waals surface area contributed by atoms with Gasteiger partial charge in [0.05, 0.1) is 19.8 Å². The van der Waals surface area contributed by atoms with Crippen LogP contribution in [0.5, 0.6) is 12.0 Å². The van der Waals surface area contributed by atoms with E-state index in [1.54, 1.807) is 10.0 Å². The molecule has 164 valence electrons. The Morgan fingerprint density at radius 2 is 1.68 bits per heavy atom. The molecule has 0 spiro atoms. The van der Waals surface area contributed by atoms with Crippen molar-refractivity contribution < 1.29 is 76.4 Å². The maximum absolute atomic E-state index is 12.4. The average molecular weight is 475 g/mol. The fourth-order valence-corrected chi connectivity index (χ4v) is 3.02. The van der Waals surface area contributed by atoms with Crippen LogP contribution in [0.25, 0.3) is 0 Å². The first kappa shape index (κ1) is 26.3. The molecular weight excluding hydrogens is 462 g/mol. The molecule has 0 aliphatic rings. The minimum atomic E-state index is -5.15. The van der Waals surface area contributed by atoms with E-state index in [9.17, 15) is 31.2 Å². The molecule has 0 atom stereocenters. The predicted octanol–water partition coefficient (Wildman–Crippen LogP) is -1.81. The molecule has 1 aromatic carbocycles. The number of nitrogens with one attached hydrogen (secondary N) is 2. The molecular formula is C14H13F3N5NaO7S. The van der Waals surface area contributed by atoms with Crippen LogP contribution in [0, 0.1) is 0 Å². The van der Waals surface area contributed by atoms with Gasteiger partial charge in [-0.3, -0.25) is 5.32 Å². The second-order valence-electron chi connectivity index (χ2n) is 5.02. The number of ether oxygens (including phenoxy) is 3. The zero-order valence-corrected chi connectivity index (χ0v) is 18.9. The molecule has 0 aliphatic heterocycles. The smallest absolute Gasteiger partial charge is 1.00 e. The number of aromatic nitrogens is 3. The number of alkyl halides is 3. The molecule has 17 heteroatoms. The topological polar surface area (TPSA) is 159 Å². The molecule has 0 bridgehead atoms. The van der Waals surface area contributed by atoms with Gasteiger partial charge in [-0.2, -0.15) is 9.97 Å². The van der Waals surface area contributed by atoms with Crippen molar-refractivity contribution in [2.75, 3.05) is 19.5 Å². The van der Waals surface area contributed by atoms with Crippen molar-refractivity contribution in [3.63, 3.8) is 0 Å². The standard InChI is InChI=1S/C14H12F3N5O7S.Na.H/c1-27-9(23)7-5-3-4-6-8(7)30(25,26)22-11(24)18-10-19-12(28-2)21-13(20-10)29-14(15,16)17;;/h3-6H,1-2H3,(H2,18,19,20,21,22,24);;/q;+1;-1. The Balaban J connectivity index is 0.00000480. The third-order valence-corrected chi connectivity index (χ3v) is 4.41. The number of sulfonamides is 1. The second kappa shape index (κ2) is 10.6. The summed E-state index contributed by atoms with van der Waals surface area (Å²) >= 11 is 0. The Labute approximate surface area is 196 Å². The van der Waals surface area contributed by atoms with Gasteiger partial charge in [0.25, 0.3) is 10.0 Å². The van der Waals surface area contributed by atoms with Gasteiger partial charge in [0.1, 0.15) is 4.90 Å². The van der Waals surface area contributed by atoms with E-state index in [1.165, 1.54) is 12.1 Å². The SMILES string of the molecule is COC(=O)c1ccccc1S(=O)(=O)NC(=O)Nc1nc(OC)nc(OC(F)(F)F)n1.[H-].[Na+]. The van der Waals surface area contributed by atoms with Gasteiger partial charge in [0, 0.05) is 0 Å². The summed E-state index contributed by atoms with van der Waals surface area (Å²) in [4.78, 5) is 33.0. The molecule has 31 heavy (non-hydrogen) atoms. The van der Waals surface area contributed by atoms with Crippen molar-refractivity contribution in [3.05, 3.63) is 29.8 Å². The van der Waals surface area contributed by atoms with E-state index in [4.69, 9.17) is 0 Å². The number of anilines is 1. The van der Waals surface area contributed by atoms with E-state index in [0.717, 1.165) is 26.4 Å². The fourth-order valence-electron chi connectivity index (χ4n) is 1.92. The number of urea groups is 1. The van der Waals surface area contributed by atoms with Crippen LogP contribution in [0.4, 0.5) is 23.9 Å². The Kier molecular flexibility index (Phi) is 8.97. The van der Waals surface area contributed by atoms with Crippen molar-refractivity contribution in [2.24, 2.45) is 0 Å². The summed E-state index contributed by atoms with van der Waals surface area (Å²) in [6.45, 7) is 0. The van der Waals surface area contributed by atoms with Gasteiger partial charge in [-0.1, -0.05) is 12.1 Å². The molecule has 12 nitrogen and oxygen atoms in total. The van der Waals surface area contributed by atoms with Crippen LogP contribution >= 0.6 is 0 Å². The number of esters is 1. The number of halogens is 3. The molecule has 0 fully saturated rings. The van der Waals surface area contributed by atoms with Gasteiger partial charge in [0.2, 0.25) is 5.95 Å². The first-order valence-electron chi connectivity index (χ1n) is 7.52. The first-order chi connectivity index (χ1) is 13.9. The molecule has 0 unspecified atom stereocenters. The summed E-state index contributed by atoms with van der Waals surface area (Å²) in [7, 11) is -2.55.